The normalized spacial score (nSPS) is 15.9. The lowest BCUT2D eigenvalue weighted by atomic mass is 10.1. The molecule has 1 aliphatic rings. The van der Waals surface area contributed by atoms with E-state index in [9.17, 15) is 0 Å². The fourth-order valence-corrected chi connectivity index (χ4v) is 3.45. The van der Waals surface area contributed by atoms with Crippen molar-refractivity contribution in [2.24, 2.45) is 0 Å². The van der Waals surface area contributed by atoms with E-state index in [1.807, 2.05) is 0 Å². The fraction of sp³-hybridized carbons (Fsp3) is 0.611. The molecule has 1 fully saturated rings. The van der Waals surface area contributed by atoms with Crippen molar-refractivity contribution >= 4 is 15.9 Å². The Morgan fingerprint density at radius 3 is 2.54 bits per heavy atom. The minimum atomic E-state index is 0.614. The molecule has 1 aliphatic heterocycles. The van der Waals surface area contributed by atoms with Crippen molar-refractivity contribution in [2.75, 3.05) is 46.4 Å². The number of hydrogen-bond acceptors (Lipinski definition) is 5. The highest BCUT2D eigenvalue weighted by molar-refractivity contribution is 9.10. The van der Waals surface area contributed by atoms with E-state index in [1.165, 1.54) is 5.56 Å². The van der Waals surface area contributed by atoms with Crippen LogP contribution in [0.15, 0.2) is 16.6 Å². The van der Waals surface area contributed by atoms with Crippen LogP contribution in [-0.4, -0.2) is 56.2 Å². The van der Waals surface area contributed by atoms with Crippen molar-refractivity contribution in [1.82, 2.24) is 9.80 Å². The zero-order valence-corrected chi connectivity index (χ0v) is 16.1. The molecule has 1 heterocycles. The van der Waals surface area contributed by atoms with Crippen LogP contribution < -0.4 is 9.47 Å². The summed E-state index contributed by atoms with van der Waals surface area (Å²) in [6, 6.07) is 6.41. The van der Waals surface area contributed by atoms with Gasteiger partial charge in [0.2, 0.25) is 0 Å². The molecule has 0 unspecified atom stereocenters. The topological polar surface area (TPSA) is 48.7 Å². The van der Waals surface area contributed by atoms with Crippen molar-refractivity contribution in [3.05, 3.63) is 22.2 Å². The maximum Gasteiger partial charge on any atom is 0.175 e. The smallest absolute Gasteiger partial charge is 0.175 e. The zero-order valence-electron chi connectivity index (χ0n) is 14.6. The van der Waals surface area contributed by atoms with E-state index in [0.29, 0.717) is 13.0 Å². The minimum Gasteiger partial charge on any atom is -0.493 e. The zero-order chi connectivity index (χ0) is 17.4. The first-order valence-electron chi connectivity index (χ1n) is 8.48. The molecule has 0 N–H and O–H groups in total. The molecule has 6 heteroatoms. The standard InChI is InChI=1S/C18H26BrN3O2/c1-3-11-24-18-16(19)12-15(13-17(18)23-2)14-22-9-7-21(8-10-22)6-4-5-20/h12-13H,3-4,6-11,14H2,1-2H3. The van der Waals surface area contributed by atoms with Crippen molar-refractivity contribution in [3.63, 3.8) is 0 Å². The molecule has 0 aromatic heterocycles. The summed E-state index contributed by atoms with van der Waals surface area (Å²) in [6.45, 7) is 8.65. The predicted octanol–water partition coefficient (Wildman–Crippen LogP) is 3.28. The number of halogens is 1. The number of hydrogen-bond donors (Lipinski definition) is 0. The van der Waals surface area contributed by atoms with Gasteiger partial charge in [-0.1, -0.05) is 6.92 Å². The first-order valence-corrected chi connectivity index (χ1v) is 9.28. The third kappa shape index (κ3) is 5.37. The van der Waals surface area contributed by atoms with Crippen LogP contribution in [0, 0.1) is 11.3 Å². The number of nitriles is 1. The number of rotatable bonds is 8. The van der Waals surface area contributed by atoms with Crippen LogP contribution >= 0.6 is 15.9 Å². The van der Waals surface area contributed by atoms with Gasteiger partial charge in [-0.05, 0) is 40.0 Å². The Hall–Kier alpha value is -1.29. The molecule has 1 saturated heterocycles. The third-order valence-corrected chi connectivity index (χ3v) is 4.74. The number of piperazine rings is 1. The van der Waals surface area contributed by atoms with Gasteiger partial charge in [0.15, 0.2) is 11.5 Å². The van der Waals surface area contributed by atoms with Crippen LogP contribution in [0.25, 0.3) is 0 Å². The van der Waals surface area contributed by atoms with E-state index in [2.05, 4.69) is 50.9 Å². The molecule has 1 aromatic carbocycles. The van der Waals surface area contributed by atoms with Crippen LogP contribution in [0.3, 0.4) is 0 Å². The quantitative estimate of drug-likeness (QED) is 0.675. The summed E-state index contributed by atoms with van der Waals surface area (Å²) in [5.74, 6) is 1.56. The second-order valence-corrected chi connectivity index (χ2v) is 6.84. The summed E-state index contributed by atoms with van der Waals surface area (Å²) >= 11 is 3.61. The first-order chi connectivity index (χ1) is 11.7. The summed E-state index contributed by atoms with van der Waals surface area (Å²) in [5, 5.41) is 8.68. The largest absolute Gasteiger partial charge is 0.493 e. The number of nitrogens with zero attached hydrogens (tertiary/aromatic N) is 3. The van der Waals surface area contributed by atoms with Gasteiger partial charge in [-0.25, -0.2) is 0 Å². The third-order valence-electron chi connectivity index (χ3n) is 4.15. The Kier molecular flexibility index (Phi) is 7.83. The molecule has 0 amide bonds. The Morgan fingerprint density at radius 2 is 1.92 bits per heavy atom. The van der Waals surface area contributed by atoms with Gasteiger partial charge in [-0.15, -0.1) is 0 Å². The average molecular weight is 396 g/mol. The van der Waals surface area contributed by atoms with Gasteiger partial charge >= 0.3 is 0 Å². The lowest BCUT2D eigenvalue weighted by Gasteiger charge is -2.34. The van der Waals surface area contributed by atoms with Gasteiger partial charge in [0.25, 0.3) is 0 Å². The predicted molar refractivity (Wildman–Crippen MR) is 98.4 cm³/mol. The van der Waals surface area contributed by atoms with Crippen LogP contribution in [0.1, 0.15) is 25.3 Å². The molecule has 0 aliphatic carbocycles. The van der Waals surface area contributed by atoms with E-state index in [4.69, 9.17) is 14.7 Å². The molecule has 0 atom stereocenters. The maximum atomic E-state index is 8.68. The maximum absolute atomic E-state index is 8.68. The van der Waals surface area contributed by atoms with Crippen molar-refractivity contribution in [2.45, 2.75) is 26.3 Å². The van der Waals surface area contributed by atoms with Gasteiger partial charge in [-0.3, -0.25) is 9.80 Å². The number of methoxy groups -OCH3 is 1. The summed E-state index contributed by atoms with van der Waals surface area (Å²) in [7, 11) is 1.68. The average Bonchev–Trinajstić information content (AvgIpc) is 2.60. The molecule has 2 rings (SSSR count). The molecule has 0 bridgehead atoms. The Labute approximate surface area is 153 Å². The Bertz CT molecular complexity index is 566. The monoisotopic (exact) mass is 395 g/mol. The van der Waals surface area contributed by atoms with Gasteiger partial charge in [0.05, 0.1) is 24.3 Å². The van der Waals surface area contributed by atoms with Gasteiger partial charge in [0, 0.05) is 45.7 Å². The molecule has 24 heavy (non-hydrogen) atoms. The van der Waals surface area contributed by atoms with E-state index >= 15 is 0 Å². The second kappa shape index (κ2) is 9.87. The SMILES string of the molecule is CCCOc1c(Br)cc(CN2CCN(CCC#N)CC2)cc1OC. The molecular weight excluding hydrogens is 370 g/mol. The lowest BCUT2D eigenvalue weighted by molar-refractivity contribution is 0.129. The van der Waals surface area contributed by atoms with Gasteiger partial charge in [0.1, 0.15) is 0 Å². The lowest BCUT2D eigenvalue weighted by Crippen LogP contribution is -2.46. The molecule has 0 saturated carbocycles. The molecule has 0 radical (unpaired) electrons. The van der Waals surface area contributed by atoms with Crippen LogP contribution in [0.5, 0.6) is 11.5 Å². The van der Waals surface area contributed by atoms with Crippen LogP contribution in [0.2, 0.25) is 0 Å². The molecule has 5 nitrogen and oxygen atoms in total. The van der Waals surface area contributed by atoms with Crippen molar-refractivity contribution in [3.8, 4) is 17.6 Å². The molecule has 0 spiro atoms. The van der Waals surface area contributed by atoms with Crippen LogP contribution in [-0.2, 0) is 6.54 Å². The molecule has 1 aromatic rings. The van der Waals surface area contributed by atoms with Crippen LogP contribution in [0.4, 0.5) is 0 Å². The van der Waals surface area contributed by atoms with Gasteiger partial charge < -0.3 is 9.47 Å². The highest BCUT2D eigenvalue weighted by Crippen LogP contribution is 2.37. The van der Waals surface area contributed by atoms with E-state index in [1.54, 1.807) is 7.11 Å². The number of benzene rings is 1. The molecule has 132 valence electrons. The summed E-state index contributed by atoms with van der Waals surface area (Å²) < 4.78 is 12.2. The summed E-state index contributed by atoms with van der Waals surface area (Å²) in [6.07, 6.45) is 1.58. The summed E-state index contributed by atoms with van der Waals surface area (Å²) in [5.41, 5.74) is 1.22. The number of ether oxygens (including phenoxy) is 2. The molecular formula is C18H26BrN3O2. The van der Waals surface area contributed by atoms with E-state index < -0.39 is 0 Å². The van der Waals surface area contributed by atoms with E-state index in [-0.39, 0.29) is 0 Å². The Balaban J connectivity index is 1.96. The van der Waals surface area contributed by atoms with E-state index in [0.717, 1.165) is 61.7 Å². The minimum absolute atomic E-state index is 0.614. The van der Waals surface area contributed by atoms with Crippen molar-refractivity contribution < 1.29 is 9.47 Å². The van der Waals surface area contributed by atoms with Crippen molar-refractivity contribution in [1.29, 1.82) is 5.26 Å². The Morgan fingerprint density at radius 1 is 1.21 bits per heavy atom. The second-order valence-electron chi connectivity index (χ2n) is 5.98. The fourth-order valence-electron chi connectivity index (χ4n) is 2.85. The highest BCUT2D eigenvalue weighted by Gasteiger charge is 2.18. The summed E-state index contributed by atoms with van der Waals surface area (Å²) in [4.78, 5) is 4.80. The van der Waals surface area contributed by atoms with Gasteiger partial charge in [-0.2, -0.15) is 5.26 Å². The highest BCUT2D eigenvalue weighted by atomic mass is 79.9. The first kappa shape index (κ1) is 19.0.